The zero-order valence-corrected chi connectivity index (χ0v) is 26.7. The lowest BCUT2D eigenvalue weighted by Crippen LogP contribution is -2.57. The fourth-order valence-electron chi connectivity index (χ4n) is 7.47. The molecule has 2 aromatic rings. The number of hydrogen-bond acceptors (Lipinski definition) is 7. The maximum atomic E-state index is 15.4. The Morgan fingerprint density at radius 3 is 2.51 bits per heavy atom. The predicted octanol–water partition coefficient (Wildman–Crippen LogP) is 4.03. The number of benzene rings is 2. The van der Waals surface area contributed by atoms with Gasteiger partial charge in [-0.3, -0.25) is 4.79 Å². The summed E-state index contributed by atoms with van der Waals surface area (Å²) in [7, 11) is -0.541. The number of rotatable bonds is 10. The van der Waals surface area contributed by atoms with Crippen molar-refractivity contribution in [1.29, 1.82) is 0 Å². The Hall–Kier alpha value is -2.93. The highest BCUT2D eigenvalue weighted by atomic mass is 32.2. The van der Waals surface area contributed by atoms with Gasteiger partial charge in [0.05, 0.1) is 19.0 Å². The quantitative estimate of drug-likeness (QED) is 0.401. The van der Waals surface area contributed by atoms with Crippen LogP contribution in [0, 0.1) is 11.6 Å². The summed E-state index contributed by atoms with van der Waals surface area (Å²) in [6.07, 6.45) is 3.33. The molecule has 12 heteroatoms. The molecule has 2 bridgehead atoms. The first kappa shape index (κ1) is 33.4. The van der Waals surface area contributed by atoms with Crippen molar-refractivity contribution in [3.05, 3.63) is 70.8 Å². The summed E-state index contributed by atoms with van der Waals surface area (Å²) in [5.41, 5.74) is 0.690. The highest BCUT2D eigenvalue weighted by molar-refractivity contribution is 7.89. The molecule has 2 aromatic carbocycles. The Labute approximate surface area is 264 Å². The van der Waals surface area contributed by atoms with Crippen molar-refractivity contribution in [3.63, 3.8) is 0 Å². The van der Waals surface area contributed by atoms with E-state index in [9.17, 15) is 22.4 Å². The summed E-state index contributed by atoms with van der Waals surface area (Å²) < 4.78 is 67.4. The summed E-state index contributed by atoms with van der Waals surface area (Å²) >= 11 is 0. The number of sulfonamides is 1. The number of nitrogens with one attached hydrogen (secondary N) is 2. The number of fused-ring (bicyclic) bond motifs is 2. The number of carbonyl (C=O) groups is 2. The van der Waals surface area contributed by atoms with Crippen LogP contribution in [-0.2, 0) is 42.5 Å². The second-order valence-electron chi connectivity index (χ2n) is 12.5. The number of halogens is 2. The van der Waals surface area contributed by atoms with Crippen LogP contribution in [0.3, 0.4) is 0 Å². The number of Topliss-reactive ketones (excluding diaryl/α,β-unsaturated/α-hetero) is 1. The van der Waals surface area contributed by atoms with E-state index in [1.807, 2.05) is 0 Å². The number of carbonyl (C=O) groups excluding carboxylic acids is 2. The fraction of sp³-hybridized carbons (Fsp3) is 0.576. The van der Waals surface area contributed by atoms with Crippen molar-refractivity contribution in [2.24, 2.45) is 0 Å². The molecule has 2 aliphatic heterocycles. The molecule has 2 saturated heterocycles. The molecule has 246 valence electrons. The largest absolute Gasteiger partial charge is 0.453 e. The molecule has 5 rings (SSSR count). The molecular formula is C33H43F2N3O6S. The van der Waals surface area contributed by atoms with Crippen molar-refractivity contribution >= 4 is 21.9 Å². The Kier molecular flexibility index (Phi) is 10.6. The Morgan fingerprint density at radius 2 is 1.82 bits per heavy atom. The maximum Gasteiger partial charge on any atom is 0.407 e. The lowest BCUT2D eigenvalue weighted by molar-refractivity contribution is -0.123. The van der Waals surface area contributed by atoms with Crippen molar-refractivity contribution in [2.45, 2.75) is 87.4 Å². The van der Waals surface area contributed by atoms with Gasteiger partial charge in [-0.25, -0.2) is 22.0 Å². The molecule has 45 heavy (non-hydrogen) atoms. The Balaban J connectivity index is 1.42. The summed E-state index contributed by atoms with van der Waals surface area (Å²) in [5, 5.41) is 6.22. The highest BCUT2D eigenvalue weighted by Gasteiger charge is 2.47. The molecule has 9 nitrogen and oxygen atoms in total. The minimum atomic E-state index is -3.40. The molecule has 1 amide bonds. The topological polar surface area (TPSA) is 114 Å². The average Bonchev–Trinajstić information content (AvgIpc) is 3.15. The van der Waals surface area contributed by atoms with Gasteiger partial charge in [0.15, 0.2) is 5.78 Å². The van der Waals surface area contributed by atoms with Crippen LogP contribution in [0.4, 0.5) is 13.6 Å². The van der Waals surface area contributed by atoms with Gasteiger partial charge in [-0.15, -0.1) is 0 Å². The third-order valence-corrected chi connectivity index (χ3v) is 11.9. The van der Waals surface area contributed by atoms with Gasteiger partial charge in [0.2, 0.25) is 10.0 Å². The first-order valence-electron chi connectivity index (χ1n) is 15.7. The number of methoxy groups -OCH3 is 2. The zero-order valence-electron chi connectivity index (χ0n) is 25.9. The van der Waals surface area contributed by atoms with Crippen molar-refractivity contribution in [2.75, 3.05) is 33.1 Å². The van der Waals surface area contributed by atoms with Gasteiger partial charge in [0.25, 0.3) is 0 Å². The summed E-state index contributed by atoms with van der Waals surface area (Å²) in [6, 6.07) is 9.34. The van der Waals surface area contributed by atoms with E-state index in [2.05, 4.69) is 10.6 Å². The normalized spacial score (nSPS) is 28.4. The van der Waals surface area contributed by atoms with Crippen LogP contribution in [0.25, 0.3) is 0 Å². The summed E-state index contributed by atoms with van der Waals surface area (Å²) in [4.78, 5) is 26.9. The van der Waals surface area contributed by atoms with Crippen LogP contribution in [0.2, 0.25) is 0 Å². The predicted molar refractivity (Wildman–Crippen MR) is 165 cm³/mol. The van der Waals surface area contributed by atoms with Crippen LogP contribution < -0.4 is 10.6 Å². The minimum absolute atomic E-state index is 0.0140. The second-order valence-corrected chi connectivity index (χ2v) is 14.6. The van der Waals surface area contributed by atoms with Crippen LogP contribution >= 0.6 is 0 Å². The number of ketones is 1. The minimum Gasteiger partial charge on any atom is -0.453 e. The van der Waals surface area contributed by atoms with Gasteiger partial charge in [-0.2, -0.15) is 4.31 Å². The smallest absolute Gasteiger partial charge is 0.407 e. The van der Waals surface area contributed by atoms with E-state index >= 15 is 4.39 Å². The van der Waals surface area contributed by atoms with Gasteiger partial charge in [-0.1, -0.05) is 24.3 Å². The van der Waals surface area contributed by atoms with E-state index in [4.69, 9.17) is 9.47 Å². The van der Waals surface area contributed by atoms with Gasteiger partial charge in [-0.05, 0) is 86.3 Å². The third kappa shape index (κ3) is 7.40. The van der Waals surface area contributed by atoms with E-state index in [1.165, 1.54) is 25.3 Å². The molecule has 4 atom stereocenters. The highest BCUT2D eigenvalue weighted by Crippen LogP contribution is 2.44. The van der Waals surface area contributed by atoms with Crippen molar-refractivity contribution < 1.29 is 36.3 Å². The lowest BCUT2D eigenvalue weighted by Gasteiger charge is -2.45. The number of ether oxygens (including phenoxy) is 2. The van der Waals surface area contributed by atoms with Crippen molar-refractivity contribution in [1.82, 2.24) is 14.9 Å². The first-order chi connectivity index (χ1) is 21.6. The Morgan fingerprint density at radius 1 is 1.09 bits per heavy atom. The summed E-state index contributed by atoms with van der Waals surface area (Å²) in [6.45, 7) is 0.895. The maximum absolute atomic E-state index is 15.4. The van der Waals surface area contributed by atoms with Crippen LogP contribution in [0.5, 0.6) is 0 Å². The standard InChI is InChI=1S/C33H43F2N3O6S/c1-43-27-14-16-33(17-15-27,23-8-10-24(34)11-9-23)31(37-32(40)44-2)30(39)19-22-5-3-7-29(35)28(22)13-12-26-20-36-25-6-4-18-45(41,42)38(26)21-25/h3,5,7-11,25-27,31,36H,4,6,12-21H2,1-2H3,(H,37,40)/t25-,26+,27?,31-,33?/m1/s1. The van der Waals surface area contributed by atoms with E-state index in [0.29, 0.717) is 62.7 Å². The summed E-state index contributed by atoms with van der Waals surface area (Å²) in [5.74, 6) is -1.10. The van der Waals surface area contributed by atoms with Gasteiger partial charge in [0.1, 0.15) is 17.7 Å². The molecule has 3 fully saturated rings. The number of piperazine rings is 1. The third-order valence-electron chi connectivity index (χ3n) is 9.97. The monoisotopic (exact) mass is 647 g/mol. The van der Waals surface area contributed by atoms with Gasteiger partial charge < -0.3 is 20.1 Å². The number of nitrogens with zero attached hydrogens (tertiary/aromatic N) is 1. The van der Waals surface area contributed by atoms with Crippen LogP contribution in [0.15, 0.2) is 42.5 Å². The van der Waals surface area contributed by atoms with E-state index in [-0.39, 0.29) is 42.6 Å². The molecule has 1 saturated carbocycles. The van der Waals surface area contributed by atoms with Crippen LogP contribution in [-0.4, -0.2) is 81.9 Å². The molecule has 2 N–H and O–H groups in total. The number of amides is 1. The average molecular weight is 648 g/mol. The SMILES string of the molecule is COC(=O)N[C@H](C(=O)Cc1cccc(F)c1CC[C@H]1CN[C@@H]2CCCS(=O)(=O)N1C2)C1(c2ccc(F)cc2)CCC(OC)CC1. The number of hydrogen-bond donors (Lipinski definition) is 2. The molecule has 0 spiro atoms. The van der Waals surface area contributed by atoms with Crippen LogP contribution in [0.1, 0.15) is 61.6 Å². The van der Waals surface area contributed by atoms with E-state index in [1.54, 1.807) is 35.7 Å². The number of alkyl carbamates (subject to hydrolysis) is 1. The molecule has 0 radical (unpaired) electrons. The van der Waals surface area contributed by atoms with Gasteiger partial charge >= 0.3 is 6.09 Å². The fourth-order valence-corrected chi connectivity index (χ4v) is 9.27. The molecule has 0 aromatic heterocycles. The molecule has 2 heterocycles. The lowest BCUT2D eigenvalue weighted by atomic mass is 9.63. The first-order valence-corrected chi connectivity index (χ1v) is 17.3. The second kappa shape index (κ2) is 14.2. The van der Waals surface area contributed by atoms with E-state index in [0.717, 1.165) is 12.0 Å². The molecule has 1 aliphatic carbocycles. The zero-order chi connectivity index (χ0) is 32.2. The van der Waals surface area contributed by atoms with Crippen molar-refractivity contribution in [3.8, 4) is 0 Å². The van der Waals surface area contributed by atoms with Gasteiger partial charge in [0, 0.05) is 44.1 Å². The Bertz CT molecular complexity index is 1460. The molecule has 1 unspecified atom stereocenters. The molecular weight excluding hydrogens is 604 g/mol. The molecule has 3 aliphatic rings. The van der Waals surface area contributed by atoms with E-state index < -0.39 is 39.2 Å².